The van der Waals surface area contributed by atoms with Crippen LogP contribution in [-0.4, -0.2) is 23.4 Å². The molecule has 5 nitrogen and oxygen atoms in total. The highest BCUT2D eigenvalue weighted by molar-refractivity contribution is 9.10. The maximum absolute atomic E-state index is 5.88. The fraction of sp³-hybridized carbons (Fsp3) is 0.333. The third-order valence-corrected chi connectivity index (χ3v) is 3.08. The number of nitrogens with two attached hydrogens (primary N) is 1. The molecular formula is C12H14BrN3O2. The molecule has 0 saturated heterocycles. The maximum atomic E-state index is 5.88. The van der Waals surface area contributed by atoms with Gasteiger partial charge in [0.25, 0.3) is 5.89 Å². The Bertz CT molecular complexity index is 542. The molecule has 0 spiro atoms. The van der Waals surface area contributed by atoms with Crippen LogP contribution in [0.2, 0.25) is 0 Å². The van der Waals surface area contributed by atoms with Gasteiger partial charge in [0.05, 0.1) is 11.7 Å². The Morgan fingerprint density at radius 1 is 1.50 bits per heavy atom. The summed E-state index contributed by atoms with van der Waals surface area (Å²) in [5, 5.41) is 3.91. The molecule has 1 atom stereocenters. The number of rotatable bonds is 4. The van der Waals surface area contributed by atoms with E-state index in [-0.39, 0.29) is 6.10 Å². The standard InChI is InChI=1S/C12H14BrN3O2/c1-7(17-2)5-11-15-12(18-16-11)9-6-8(13)3-4-10(9)14/h3-4,6-7H,5,14H2,1-2H3. The Balaban J connectivity index is 2.26. The maximum Gasteiger partial charge on any atom is 0.260 e. The van der Waals surface area contributed by atoms with Crippen LogP contribution in [-0.2, 0) is 11.2 Å². The summed E-state index contributed by atoms with van der Waals surface area (Å²) in [5.74, 6) is 1.03. The highest BCUT2D eigenvalue weighted by atomic mass is 79.9. The summed E-state index contributed by atoms with van der Waals surface area (Å²) < 4.78 is 11.3. The van der Waals surface area contributed by atoms with E-state index in [1.54, 1.807) is 13.2 Å². The van der Waals surface area contributed by atoms with Gasteiger partial charge in [-0.15, -0.1) is 0 Å². The highest BCUT2D eigenvalue weighted by Gasteiger charge is 2.14. The molecule has 1 unspecified atom stereocenters. The van der Waals surface area contributed by atoms with Crippen molar-refractivity contribution < 1.29 is 9.26 Å². The second kappa shape index (κ2) is 5.49. The van der Waals surface area contributed by atoms with Gasteiger partial charge in [-0.25, -0.2) is 0 Å². The van der Waals surface area contributed by atoms with E-state index in [1.807, 2.05) is 19.1 Å². The zero-order valence-corrected chi connectivity index (χ0v) is 11.8. The van der Waals surface area contributed by atoms with Crippen molar-refractivity contribution in [3.8, 4) is 11.5 Å². The molecule has 18 heavy (non-hydrogen) atoms. The number of anilines is 1. The van der Waals surface area contributed by atoms with Gasteiger partial charge in [0, 0.05) is 23.7 Å². The van der Waals surface area contributed by atoms with Gasteiger partial charge in [-0.3, -0.25) is 0 Å². The summed E-state index contributed by atoms with van der Waals surface area (Å²) in [6, 6.07) is 5.51. The Kier molecular flexibility index (Phi) is 3.98. The van der Waals surface area contributed by atoms with Crippen molar-refractivity contribution in [2.45, 2.75) is 19.4 Å². The van der Waals surface area contributed by atoms with Crippen molar-refractivity contribution >= 4 is 21.6 Å². The molecule has 0 bridgehead atoms. The Labute approximate surface area is 113 Å². The first kappa shape index (κ1) is 13.0. The number of benzene rings is 1. The minimum Gasteiger partial charge on any atom is -0.398 e. The molecule has 6 heteroatoms. The van der Waals surface area contributed by atoms with Crippen molar-refractivity contribution in [3.05, 3.63) is 28.5 Å². The number of ether oxygens (including phenoxy) is 1. The van der Waals surface area contributed by atoms with Crippen LogP contribution in [0.3, 0.4) is 0 Å². The van der Waals surface area contributed by atoms with Crippen LogP contribution in [0.1, 0.15) is 12.7 Å². The molecular weight excluding hydrogens is 298 g/mol. The molecule has 0 fully saturated rings. The van der Waals surface area contributed by atoms with Crippen molar-refractivity contribution in [2.24, 2.45) is 0 Å². The first-order valence-electron chi connectivity index (χ1n) is 5.51. The topological polar surface area (TPSA) is 74.2 Å². The van der Waals surface area contributed by atoms with Gasteiger partial charge in [-0.05, 0) is 25.1 Å². The van der Waals surface area contributed by atoms with Gasteiger partial charge in [0.15, 0.2) is 5.82 Å². The van der Waals surface area contributed by atoms with E-state index in [0.29, 0.717) is 23.8 Å². The lowest BCUT2D eigenvalue weighted by Gasteiger charge is -2.04. The smallest absolute Gasteiger partial charge is 0.260 e. The second-order valence-electron chi connectivity index (χ2n) is 4.00. The number of hydrogen-bond acceptors (Lipinski definition) is 5. The third kappa shape index (κ3) is 2.88. The predicted molar refractivity (Wildman–Crippen MR) is 72.0 cm³/mol. The number of halogens is 1. The third-order valence-electron chi connectivity index (χ3n) is 2.59. The van der Waals surface area contributed by atoms with Crippen LogP contribution in [0.4, 0.5) is 5.69 Å². The van der Waals surface area contributed by atoms with Gasteiger partial charge in [-0.2, -0.15) is 4.98 Å². The van der Waals surface area contributed by atoms with E-state index >= 15 is 0 Å². The molecule has 0 aliphatic heterocycles. The summed E-state index contributed by atoms with van der Waals surface area (Å²) in [6.07, 6.45) is 0.656. The lowest BCUT2D eigenvalue weighted by molar-refractivity contribution is 0.116. The summed E-state index contributed by atoms with van der Waals surface area (Å²) in [4.78, 5) is 4.31. The van der Waals surface area contributed by atoms with Gasteiger partial charge in [-0.1, -0.05) is 21.1 Å². The summed E-state index contributed by atoms with van der Waals surface area (Å²) in [5.41, 5.74) is 7.22. The van der Waals surface area contributed by atoms with Crippen LogP contribution in [0.15, 0.2) is 27.2 Å². The Morgan fingerprint density at radius 3 is 3.00 bits per heavy atom. The average molecular weight is 312 g/mol. The number of methoxy groups -OCH3 is 1. The van der Waals surface area contributed by atoms with Gasteiger partial charge in [0.2, 0.25) is 0 Å². The molecule has 1 aromatic heterocycles. The van der Waals surface area contributed by atoms with Crippen LogP contribution in [0, 0.1) is 0 Å². The molecule has 0 aliphatic rings. The molecule has 0 saturated carbocycles. The van der Waals surface area contributed by atoms with E-state index in [4.69, 9.17) is 15.0 Å². The fourth-order valence-corrected chi connectivity index (χ4v) is 1.86. The van der Waals surface area contributed by atoms with E-state index in [1.165, 1.54) is 0 Å². The van der Waals surface area contributed by atoms with Gasteiger partial charge in [0.1, 0.15) is 0 Å². The van der Waals surface area contributed by atoms with Crippen LogP contribution >= 0.6 is 15.9 Å². The van der Waals surface area contributed by atoms with Crippen LogP contribution < -0.4 is 5.73 Å². The average Bonchev–Trinajstić information content (AvgIpc) is 2.80. The minimum atomic E-state index is 0.0512. The SMILES string of the molecule is COC(C)Cc1noc(-c2cc(Br)ccc2N)n1. The predicted octanol–water partition coefficient (Wildman–Crippen LogP) is 2.66. The number of hydrogen-bond donors (Lipinski definition) is 1. The van der Waals surface area contributed by atoms with Crippen molar-refractivity contribution in [1.29, 1.82) is 0 Å². The number of nitrogen functional groups attached to an aromatic ring is 1. The first-order chi connectivity index (χ1) is 8.60. The number of aromatic nitrogens is 2. The van der Waals surface area contributed by atoms with Crippen LogP contribution in [0.25, 0.3) is 11.5 Å². The molecule has 96 valence electrons. The molecule has 2 N–H and O–H groups in total. The van der Waals surface area contributed by atoms with E-state index in [9.17, 15) is 0 Å². The molecule has 2 rings (SSSR count). The van der Waals surface area contributed by atoms with Gasteiger partial charge < -0.3 is 15.0 Å². The fourth-order valence-electron chi connectivity index (χ4n) is 1.50. The van der Waals surface area contributed by atoms with Crippen molar-refractivity contribution in [3.63, 3.8) is 0 Å². The summed E-state index contributed by atoms with van der Waals surface area (Å²) in [7, 11) is 1.65. The zero-order valence-electron chi connectivity index (χ0n) is 10.2. The molecule has 0 amide bonds. The molecule has 2 aromatic rings. The Hall–Kier alpha value is -1.40. The molecule has 1 heterocycles. The second-order valence-corrected chi connectivity index (χ2v) is 4.91. The largest absolute Gasteiger partial charge is 0.398 e. The zero-order chi connectivity index (χ0) is 13.1. The highest BCUT2D eigenvalue weighted by Crippen LogP contribution is 2.27. The van der Waals surface area contributed by atoms with Crippen LogP contribution in [0.5, 0.6) is 0 Å². The lowest BCUT2D eigenvalue weighted by atomic mass is 10.2. The first-order valence-corrected chi connectivity index (χ1v) is 6.30. The summed E-state index contributed by atoms with van der Waals surface area (Å²) in [6.45, 7) is 1.95. The molecule has 0 radical (unpaired) electrons. The van der Waals surface area contributed by atoms with Crippen molar-refractivity contribution in [2.75, 3.05) is 12.8 Å². The summed E-state index contributed by atoms with van der Waals surface area (Å²) >= 11 is 3.39. The van der Waals surface area contributed by atoms with E-state index in [2.05, 4.69) is 26.1 Å². The lowest BCUT2D eigenvalue weighted by Crippen LogP contribution is -2.09. The van der Waals surface area contributed by atoms with E-state index in [0.717, 1.165) is 10.0 Å². The van der Waals surface area contributed by atoms with E-state index < -0.39 is 0 Å². The molecule has 1 aromatic carbocycles. The Morgan fingerprint density at radius 2 is 2.28 bits per heavy atom. The quantitative estimate of drug-likeness (QED) is 0.879. The monoisotopic (exact) mass is 311 g/mol. The normalized spacial score (nSPS) is 12.6. The number of nitrogens with zero attached hydrogens (tertiary/aromatic N) is 2. The minimum absolute atomic E-state index is 0.0512. The van der Waals surface area contributed by atoms with Crippen molar-refractivity contribution in [1.82, 2.24) is 10.1 Å². The molecule has 0 aliphatic carbocycles. The van der Waals surface area contributed by atoms with Gasteiger partial charge >= 0.3 is 0 Å².